The van der Waals surface area contributed by atoms with Gasteiger partial charge in [0, 0.05) is 31.5 Å². The zero-order valence-electron chi connectivity index (χ0n) is 17.7. The average Bonchev–Trinajstić information content (AvgIpc) is 3.40. The Kier molecular flexibility index (Phi) is 4.87. The van der Waals surface area contributed by atoms with Gasteiger partial charge in [0.25, 0.3) is 0 Å². The lowest BCUT2D eigenvalue weighted by Crippen LogP contribution is -2.26. The summed E-state index contributed by atoms with van der Waals surface area (Å²) in [4.78, 5) is 9.45. The van der Waals surface area contributed by atoms with E-state index in [9.17, 15) is 0 Å². The van der Waals surface area contributed by atoms with Crippen LogP contribution < -0.4 is 10.1 Å². The molecule has 3 aliphatic rings. The maximum atomic E-state index is 6.15. The van der Waals surface area contributed by atoms with Gasteiger partial charge in [-0.2, -0.15) is 0 Å². The molecule has 1 N–H and O–H groups in total. The molecular weight excluding hydrogens is 388 g/mol. The molecule has 160 valence electrons. The Labute approximate surface area is 182 Å². The quantitative estimate of drug-likeness (QED) is 0.680. The number of hydrogen-bond donors (Lipinski definition) is 1. The van der Waals surface area contributed by atoms with E-state index in [2.05, 4.69) is 57.3 Å². The Morgan fingerprint density at radius 1 is 0.968 bits per heavy atom. The van der Waals surface area contributed by atoms with Gasteiger partial charge in [0.1, 0.15) is 17.7 Å². The molecule has 2 aromatic heterocycles. The number of rotatable bonds is 4. The molecule has 0 amide bonds. The lowest BCUT2D eigenvalue weighted by molar-refractivity contribution is 0.0237. The van der Waals surface area contributed by atoms with E-state index in [0.717, 1.165) is 57.6 Å². The summed E-state index contributed by atoms with van der Waals surface area (Å²) in [6.45, 7) is 1.54. The van der Waals surface area contributed by atoms with Crippen molar-refractivity contribution in [1.82, 2.24) is 14.5 Å². The van der Waals surface area contributed by atoms with E-state index in [-0.39, 0.29) is 12.1 Å². The van der Waals surface area contributed by atoms with Crippen LogP contribution in [0, 0.1) is 0 Å². The van der Waals surface area contributed by atoms with E-state index < -0.39 is 0 Å². The molecule has 6 heteroatoms. The fraction of sp³-hybridized carbons (Fsp3) is 0.440. The number of aromatic nitrogens is 3. The topological polar surface area (TPSA) is 61.2 Å². The van der Waals surface area contributed by atoms with Gasteiger partial charge in [0.15, 0.2) is 0 Å². The third-order valence-electron chi connectivity index (χ3n) is 6.79. The van der Waals surface area contributed by atoms with E-state index in [1.54, 1.807) is 0 Å². The van der Waals surface area contributed by atoms with Gasteiger partial charge in [-0.05, 0) is 36.5 Å². The van der Waals surface area contributed by atoms with Crippen LogP contribution >= 0.6 is 0 Å². The predicted molar refractivity (Wildman–Crippen MR) is 119 cm³/mol. The van der Waals surface area contributed by atoms with Crippen LogP contribution in [0.3, 0.4) is 0 Å². The van der Waals surface area contributed by atoms with Gasteiger partial charge in [-0.15, -0.1) is 0 Å². The first-order valence-corrected chi connectivity index (χ1v) is 11.5. The van der Waals surface area contributed by atoms with Crippen molar-refractivity contribution in [2.24, 2.45) is 0 Å². The largest absolute Gasteiger partial charge is 0.474 e. The van der Waals surface area contributed by atoms with Gasteiger partial charge in [0.05, 0.1) is 31.0 Å². The molecule has 0 aliphatic carbocycles. The number of nitrogens with zero attached hydrogens (tertiary/aromatic N) is 3. The van der Waals surface area contributed by atoms with Crippen LogP contribution in [0.4, 0.5) is 5.82 Å². The van der Waals surface area contributed by atoms with Crippen LogP contribution in [-0.4, -0.2) is 33.9 Å². The minimum Gasteiger partial charge on any atom is -0.474 e. The van der Waals surface area contributed by atoms with Crippen LogP contribution in [0.5, 0.6) is 5.88 Å². The number of fused-ring (bicyclic) bond motifs is 3. The summed E-state index contributed by atoms with van der Waals surface area (Å²) >= 11 is 0. The van der Waals surface area contributed by atoms with Crippen LogP contribution in [0.2, 0.25) is 0 Å². The molecule has 0 radical (unpaired) electrons. The zero-order chi connectivity index (χ0) is 20.6. The first-order chi connectivity index (χ1) is 15.3. The maximum Gasteiger partial charge on any atom is 0.213 e. The Hall–Kier alpha value is -2.86. The van der Waals surface area contributed by atoms with Crippen molar-refractivity contribution in [2.75, 3.05) is 18.5 Å². The molecule has 0 spiro atoms. The van der Waals surface area contributed by atoms with Crippen molar-refractivity contribution >= 4 is 5.82 Å². The van der Waals surface area contributed by atoms with E-state index in [1.165, 1.54) is 28.5 Å². The Bertz CT molecular complexity index is 1060. The summed E-state index contributed by atoms with van der Waals surface area (Å²) < 4.78 is 14.0. The molecule has 5 heterocycles. The third-order valence-corrected chi connectivity index (χ3v) is 6.79. The molecule has 0 bridgehead atoms. The van der Waals surface area contributed by atoms with Gasteiger partial charge >= 0.3 is 0 Å². The third kappa shape index (κ3) is 3.59. The lowest BCUT2D eigenvalue weighted by Gasteiger charge is -2.28. The molecule has 0 saturated carbocycles. The van der Waals surface area contributed by atoms with Gasteiger partial charge < -0.3 is 19.4 Å². The minimum absolute atomic E-state index is 0.201. The van der Waals surface area contributed by atoms with Gasteiger partial charge in [-0.25, -0.2) is 9.97 Å². The SMILES string of the molecule is c1ccc(C2CCc3nc4c(n32)N[C@@H](c2ccnc(OC3CCOCC3)c2)CC4)cc1. The summed E-state index contributed by atoms with van der Waals surface area (Å²) in [5, 5.41) is 3.82. The number of hydrogen-bond acceptors (Lipinski definition) is 5. The minimum atomic E-state index is 0.201. The number of aryl methyl sites for hydroxylation is 2. The molecule has 6 nitrogen and oxygen atoms in total. The summed E-state index contributed by atoms with van der Waals surface area (Å²) in [7, 11) is 0. The second-order valence-corrected chi connectivity index (χ2v) is 8.75. The smallest absolute Gasteiger partial charge is 0.213 e. The van der Waals surface area contributed by atoms with Crippen LogP contribution in [0.1, 0.15) is 60.4 Å². The molecule has 1 fully saturated rings. The second-order valence-electron chi connectivity index (χ2n) is 8.75. The first kappa shape index (κ1) is 18.9. The monoisotopic (exact) mass is 416 g/mol. The standard InChI is InChI=1S/C25H28N4O2/c1-2-4-17(5-3-1)22-8-9-23-27-21-7-6-20(28-25(21)29(22)23)18-10-13-26-24(16-18)31-19-11-14-30-15-12-19/h1-5,10,13,16,19-20,22,28H,6-9,11-12,14-15H2/t20-,22?/m1/s1. The normalized spacial score (nSPS) is 23.1. The molecule has 1 unspecified atom stereocenters. The van der Waals surface area contributed by atoms with E-state index in [0.29, 0.717) is 6.04 Å². The van der Waals surface area contributed by atoms with E-state index >= 15 is 0 Å². The average molecular weight is 417 g/mol. The number of nitrogens with one attached hydrogen (secondary N) is 1. The fourth-order valence-electron chi connectivity index (χ4n) is 5.19. The summed E-state index contributed by atoms with van der Waals surface area (Å²) in [5.41, 5.74) is 3.80. The Balaban J connectivity index is 1.25. The number of ether oxygens (including phenoxy) is 2. The second kappa shape index (κ2) is 8.00. The van der Waals surface area contributed by atoms with Gasteiger partial charge in [0.2, 0.25) is 5.88 Å². The summed E-state index contributed by atoms with van der Waals surface area (Å²) in [5.74, 6) is 3.13. The maximum absolute atomic E-state index is 6.15. The number of imidazole rings is 1. The van der Waals surface area contributed by atoms with Crippen molar-refractivity contribution in [3.63, 3.8) is 0 Å². The molecule has 6 rings (SSSR count). The molecule has 1 aromatic carbocycles. The molecule has 2 atom stereocenters. The number of anilines is 1. The Morgan fingerprint density at radius 2 is 1.84 bits per heavy atom. The van der Waals surface area contributed by atoms with Crippen LogP contribution in [0.25, 0.3) is 0 Å². The van der Waals surface area contributed by atoms with Crippen molar-refractivity contribution in [2.45, 2.75) is 56.7 Å². The highest BCUT2D eigenvalue weighted by atomic mass is 16.5. The molecule has 3 aliphatic heterocycles. The van der Waals surface area contributed by atoms with Crippen molar-refractivity contribution in [3.05, 3.63) is 71.3 Å². The number of benzene rings is 1. The summed E-state index contributed by atoms with van der Waals surface area (Å²) in [6.07, 6.45) is 8.11. The highest BCUT2D eigenvalue weighted by molar-refractivity contribution is 5.51. The molecular formula is C25H28N4O2. The molecule has 31 heavy (non-hydrogen) atoms. The van der Waals surface area contributed by atoms with Crippen molar-refractivity contribution < 1.29 is 9.47 Å². The lowest BCUT2D eigenvalue weighted by atomic mass is 9.98. The highest BCUT2D eigenvalue weighted by Gasteiger charge is 2.33. The van der Waals surface area contributed by atoms with Crippen molar-refractivity contribution in [3.8, 4) is 5.88 Å². The highest BCUT2D eigenvalue weighted by Crippen LogP contribution is 2.41. The van der Waals surface area contributed by atoms with Crippen LogP contribution in [-0.2, 0) is 17.6 Å². The van der Waals surface area contributed by atoms with E-state index in [4.69, 9.17) is 14.5 Å². The van der Waals surface area contributed by atoms with Gasteiger partial charge in [-0.3, -0.25) is 0 Å². The predicted octanol–water partition coefficient (Wildman–Crippen LogP) is 4.47. The van der Waals surface area contributed by atoms with Crippen LogP contribution in [0.15, 0.2) is 48.7 Å². The van der Waals surface area contributed by atoms with E-state index in [1.807, 2.05) is 6.20 Å². The molecule has 3 aromatic rings. The summed E-state index contributed by atoms with van der Waals surface area (Å²) in [6, 6.07) is 15.6. The number of pyridine rings is 1. The van der Waals surface area contributed by atoms with Crippen molar-refractivity contribution in [1.29, 1.82) is 0 Å². The Morgan fingerprint density at radius 3 is 2.71 bits per heavy atom. The molecule has 1 saturated heterocycles. The first-order valence-electron chi connectivity index (χ1n) is 11.5. The zero-order valence-corrected chi connectivity index (χ0v) is 17.7. The van der Waals surface area contributed by atoms with Gasteiger partial charge in [-0.1, -0.05) is 30.3 Å². The fourth-order valence-corrected chi connectivity index (χ4v) is 5.19.